The normalized spacial score (nSPS) is 10.8. The van der Waals surface area contributed by atoms with Crippen molar-refractivity contribution in [2.24, 2.45) is 7.05 Å². The number of benzene rings is 1. The summed E-state index contributed by atoms with van der Waals surface area (Å²) in [6.45, 7) is 0.451. The molecule has 1 aromatic carbocycles. The van der Waals surface area contributed by atoms with Gasteiger partial charge in [-0.25, -0.2) is 4.68 Å². The van der Waals surface area contributed by atoms with Gasteiger partial charge in [0.1, 0.15) is 6.61 Å². The molecule has 0 spiro atoms. The maximum absolute atomic E-state index is 5.85. The molecule has 0 aliphatic heterocycles. The predicted octanol–water partition coefficient (Wildman–Crippen LogP) is 2.60. The minimum Gasteiger partial charge on any atom is -0.471 e. The van der Waals surface area contributed by atoms with Crippen LogP contribution in [-0.2, 0) is 13.7 Å². The predicted molar refractivity (Wildman–Crippen MR) is 72.1 cm³/mol. The zero-order chi connectivity index (χ0) is 13.2. The van der Waals surface area contributed by atoms with Crippen LogP contribution in [0, 0.1) is 0 Å². The first kappa shape index (κ1) is 11.9. The molecular weight excluding hydrogens is 264 g/mol. The van der Waals surface area contributed by atoms with Crippen molar-refractivity contribution >= 4 is 22.6 Å². The van der Waals surface area contributed by atoms with Gasteiger partial charge in [0.05, 0.1) is 5.39 Å². The second kappa shape index (κ2) is 4.85. The molecule has 0 N–H and O–H groups in total. The number of aromatic nitrogens is 4. The summed E-state index contributed by atoms with van der Waals surface area (Å²) in [4.78, 5) is 0. The zero-order valence-corrected chi connectivity index (χ0v) is 11.0. The number of hydrogen-bond donors (Lipinski definition) is 0. The third-order valence-electron chi connectivity index (χ3n) is 2.74. The highest BCUT2D eigenvalue weighted by atomic mass is 35.5. The quantitative estimate of drug-likeness (QED) is 0.737. The number of nitrogens with zero attached hydrogens (tertiary/aromatic N) is 4. The number of rotatable bonds is 3. The molecule has 0 unspecified atom stereocenters. The molecule has 2 aromatic heterocycles. The molecule has 19 heavy (non-hydrogen) atoms. The standard InChI is InChI=1S/C13H11ClN4O/c1-18-12-10(7-11(14)15-16-12)13(17-18)19-8-9-5-3-2-4-6-9/h2-7H,8H2,1H3. The smallest absolute Gasteiger partial charge is 0.243 e. The summed E-state index contributed by atoms with van der Waals surface area (Å²) in [6.07, 6.45) is 0. The lowest BCUT2D eigenvalue weighted by molar-refractivity contribution is 0.294. The Morgan fingerprint density at radius 3 is 2.79 bits per heavy atom. The molecule has 0 aliphatic carbocycles. The SMILES string of the molecule is Cn1nc(OCc2ccccc2)c2cc(Cl)nnc21. The van der Waals surface area contributed by atoms with Crippen molar-refractivity contribution < 1.29 is 4.74 Å². The van der Waals surface area contributed by atoms with Crippen molar-refractivity contribution in [2.45, 2.75) is 6.61 Å². The highest BCUT2D eigenvalue weighted by Gasteiger charge is 2.12. The van der Waals surface area contributed by atoms with Crippen LogP contribution in [0.15, 0.2) is 36.4 Å². The van der Waals surface area contributed by atoms with E-state index in [-0.39, 0.29) is 0 Å². The van der Waals surface area contributed by atoms with E-state index in [1.807, 2.05) is 30.3 Å². The van der Waals surface area contributed by atoms with Gasteiger partial charge in [-0.05, 0) is 11.6 Å². The lowest BCUT2D eigenvalue weighted by Crippen LogP contribution is -1.97. The molecule has 0 aliphatic rings. The van der Waals surface area contributed by atoms with Gasteiger partial charge in [0.25, 0.3) is 0 Å². The maximum atomic E-state index is 5.85. The second-order valence-corrected chi connectivity index (χ2v) is 4.49. The molecule has 0 amide bonds. The Kier molecular flexibility index (Phi) is 3.05. The molecular formula is C13H11ClN4O. The molecule has 2 heterocycles. The van der Waals surface area contributed by atoms with Crippen LogP contribution in [0.1, 0.15) is 5.56 Å². The average Bonchev–Trinajstić information content (AvgIpc) is 2.74. The van der Waals surface area contributed by atoms with E-state index in [1.54, 1.807) is 17.8 Å². The van der Waals surface area contributed by atoms with Crippen molar-refractivity contribution in [3.63, 3.8) is 0 Å². The number of ether oxygens (including phenoxy) is 1. The zero-order valence-electron chi connectivity index (χ0n) is 10.2. The first-order valence-corrected chi connectivity index (χ1v) is 6.14. The molecule has 0 fully saturated rings. The van der Waals surface area contributed by atoms with Crippen molar-refractivity contribution in [3.05, 3.63) is 47.1 Å². The van der Waals surface area contributed by atoms with Crippen LogP contribution in [-0.4, -0.2) is 20.0 Å². The van der Waals surface area contributed by atoms with Gasteiger partial charge in [0, 0.05) is 7.05 Å². The van der Waals surface area contributed by atoms with E-state index in [0.29, 0.717) is 23.3 Å². The molecule has 0 bridgehead atoms. The Balaban J connectivity index is 1.91. The molecule has 3 rings (SSSR count). The van der Waals surface area contributed by atoms with Crippen LogP contribution in [0.3, 0.4) is 0 Å². The van der Waals surface area contributed by atoms with Crippen LogP contribution >= 0.6 is 11.6 Å². The lowest BCUT2D eigenvalue weighted by Gasteiger charge is -2.02. The first-order valence-electron chi connectivity index (χ1n) is 5.77. The summed E-state index contributed by atoms with van der Waals surface area (Å²) in [6, 6.07) is 11.6. The fraction of sp³-hybridized carbons (Fsp3) is 0.154. The van der Waals surface area contributed by atoms with Crippen LogP contribution < -0.4 is 4.74 Å². The molecule has 6 heteroatoms. The molecule has 0 saturated heterocycles. The third-order valence-corrected chi connectivity index (χ3v) is 2.93. The Morgan fingerprint density at radius 2 is 2.00 bits per heavy atom. The minimum atomic E-state index is 0.324. The minimum absolute atomic E-state index is 0.324. The molecule has 0 atom stereocenters. The topological polar surface area (TPSA) is 52.8 Å². The second-order valence-electron chi connectivity index (χ2n) is 4.11. The number of hydrogen-bond acceptors (Lipinski definition) is 4. The van der Waals surface area contributed by atoms with Gasteiger partial charge >= 0.3 is 0 Å². The fourth-order valence-electron chi connectivity index (χ4n) is 1.83. The summed E-state index contributed by atoms with van der Waals surface area (Å²) in [5.74, 6) is 0.512. The summed E-state index contributed by atoms with van der Waals surface area (Å²) in [5.41, 5.74) is 1.72. The van der Waals surface area contributed by atoms with Gasteiger partial charge in [-0.1, -0.05) is 41.9 Å². The van der Waals surface area contributed by atoms with Crippen molar-refractivity contribution in [3.8, 4) is 5.88 Å². The number of aryl methyl sites for hydroxylation is 1. The van der Waals surface area contributed by atoms with Crippen LogP contribution in [0.5, 0.6) is 5.88 Å². The van der Waals surface area contributed by atoms with Crippen molar-refractivity contribution in [2.75, 3.05) is 0 Å². The molecule has 0 saturated carbocycles. The Morgan fingerprint density at radius 1 is 1.21 bits per heavy atom. The van der Waals surface area contributed by atoms with E-state index in [2.05, 4.69) is 15.3 Å². The van der Waals surface area contributed by atoms with E-state index < -0.39 is 0 Å². The van der Waals surface area contributed by atoms with E-state index in [0.717, 1.165) is 10.9 Å². The summed E-state index contributed by atoms with van der Waals surface area (Å²) >= 11 is 5.85. The molecule has 3 aromatic rings. The highest BCUT2D eigenvalue weighted by molar-refractivity contribution is 6.29. The van der Waals surface area contributed by atoms with Gasteiger partial charge in [-0.2, -0.15) is 0 Å². The summed E-state index contributed by atoms with van der Waals surface area (Å²) < 4.78 is 7.35. The van der Waals surface area contributed by atoms with E-state index in [9.17, 15) is 0 Å². The van der Waals surface area contributed by atoms with Gasteiger partial charge < -0.3 is 4.74 Å². The van der Waals surface area contributed by atoms with E-state index in [1.165, 1.54) is 0 Å². The van der Waals surface area contributed by atoms with Crippen molar-refractivity contribution in [1.29, 1.82) is 0 Å². The maximum Gasteiger partial charge on any atom is 0.243 e. The van der Waals surface area contributed by atoms with E-state index >= 15 is 0 Å². The molecule has 0 radical (unpaired) electrons. The van der Waals surface area contributed by atoms with Gasteiger partial charge in [-0.3, -0.25) is 0 Å². The van der Waals surface area contributed by atoms with E-state index in [4.69, 9.17) is 16.3 Å². The Hall–Kier alpha value is -2.14. The average molecular weight is 275 g/mol. The van der Waals surface area contributed by atoms with Gasteiger partial charge in [-0.15, -0.1) is 15.3 Å². The monoisotopic (exact) mass is 274 g/mol. The summed E-state index contributed by atoms with van der Waals surface area (Å²) in [7, 11) is 1.79. The number of fused-ring (bicyclic) bond motifs is 1. The third kappa shape index (κ3) is 2.37. The fourth-order valence-corrected chi connectivity index (χ4v) is 1.97. The number of halogens is 1. The Labute approximate surface area is 114 Å². The lowest BCUT2D eigenvalue weighted by atomic mass is 10.2. The Bertz CT molecular complexity index is 711. The summed E-state index contributed by atoms with van der Waals surface area (Å²) in [5, 5.41) is 13.2. The van der Waals surface area contributed by atoms with Gasteiger partial charge in [0.2, 0.25) is 5.88 Å². The molecule has 5 nitrogen and oxygen atoms in total. The van der Waals surface area contributed by atoms with Crippen molar-refractivity contribution in [1.82, 2.24) is 20.0 Å². The first-order chi connectivity index (χ1) is 9.24. The van der Waals surface area contributed by atoms with Gasteiger partial charge in [0.15, 0.2) is 10.8 Å². The molecule has 96 valence electrons. The van der Waals surface area contributed by atoms with Crippen LogP contribution in [0.2, 0.25) is 5.15 Å². The van der Waals surface area contributed by atoms with Crippen LogP contribution in [0.4, 0.5) is 0 Å². The highest BCUT2D eigenvalue weighted by Crippen LogP contribution is 2.24. The largest absolute Gasteiger partial charge is 0.471 e. The van der Waals surface area contributed by atoms with Crippen LogP contribution in [0.25, 0.3) is 11.0 Å².